The first-order valence-corrected chi connectivity index (χ1v) is 11.1. The van der Waals surface area contributed by atoms with E-state index in [1.165, 1.54) is 23.0 Å². The molecule has 3 aromatic rings. The largest absolute Gasteiger partial charge is 0.507 e. The Morgan fingerprint density at radius 3 is 2.65 bits per heavy atom. The molecule has 158 valence electrons. The number of hydrogen-bond acceptors (Lipinski definition) is 6. The van der Waals surface area contributed by atoms with Gasteiger partial charge in [0.1, 0.15) is 5.75 Å². The van der Waals surface area contributed by atoms with Crippen molar-refractivity contribution in [3.8, 4) is 5.75 Å². The Balaban J connectivity index is 1.97. The fraction of sp³-hybridized carbons (Fsp3) is 0.136. The monoisotopic (exact) mass is 518 g/mol. The molecule has 1 aromatic heterocycles. The van der Waals surface area contributed by atoms with Crippen LogP contribution in [0.4, 0.5) is 0 Å². The lowest BCUT2D eigenvalue weighted by Crippen LogP contribution is -2.39. The van der Waals surface area contributed by atoms with Gasteiger partial charge in [0.2, 0.25) is 0 Å². The van der Waals surface area contributed by atoms with Gasteiger partial charge in [-0.05, 0) is 64.3 Å². The summed E-state index contributed by atoms with van der Waals surface area (Å²) < 4.78 is 7.47. The van der Waals surface area contributed by atoms with E-state index in [1.807, 2.05) is 0 Å². The van der Waals surface area contributed by atoms with Gasteiger partial charge >= 0.3 is 5.97 Å². The minimum absolute atomic E-state index is 0.111. The van der Waals surface area contributed by atoms with Crippen molar-refractivity contribution in [2.75, 3.05) is 7.11 Å². The quantitative estimate of drug-likeness (QED) is 0.537. The second-order valence-electron chi connectivity index (χ2n) is 6.84. The number of aromatic nitrogens is 1. The van der Waals surface area contributed by atoms with Crippen LogP contribution in [0.3, 0.4) is 0 Å². The number of allylic oxidation sites excluding steroid dienone is 1. The number of esters is 1. The highest BCUT2D eigenvalue weighted by molar-refractivity contribution is 9.10. The van der Waals surface area contributed by atoms with Gasteiger partial charge in [0.25, 0.3) is 5.56 Å². The van der Waals surface area contributed by atoms with Gasteiger partial charge in [-0.15, -0.1) is 0 Å². The third-order valence-corrected chi connectivity index (χ3v) is 6.75. The molecule has 6 nitrogen and oxygen atoms in total. The first-order valence-electron chi connectivity index (χ1n) is 9.15. The lowest BCUT2D eigenvalue weighted by molar-refractivity contribution is -0.136. The molecule has 9 heteroatoms. The summed E-state index contributed by atoms with van der Waals surface area (Å²) in [6.45, 7) is 1.73. The Morgan fingerprint density at radius 1 is 1.29 bits per heavy atom. The Bertz CT molecular complexity index is 1410. The van der Waals surface area contributed by atoms with Crippen molar-refractivity contribution in [1.82, 2.24) is 4.57 Å². The van der Waals surface area contributed by atoms with E-state index in [-0.39, 0.29) is 11.3 Å². The minimum Gasteiger partial charge on any atom is -0.507 e. The maximum absolute atomic E-state index is 13.4. The van der Waals surface area contributed by atoms with Crippen molar-refractivity contribution in [1.29, 1.82) is 0 Å². The molecule has 1 aliphatic heterocycles. The molecule has 1 N–H and O–H groups in total. The van der Waals surface area contributed by atoms with Crippen molar-refractivity contribution in [2.24, 2.45) is 4.99 Å². The minimum atomic E-state index is -0.685. The summed E-state index contributed by atoms with van der Waals surface area (Å²) in [6.07, 6.45) is 1.73. The number of phenols is 1. The maximum Gasteiger partial charge on any atom is 0.338 e. The molecule has 0 amide bonds. The highest BCUT2D eigenvalue weighted by atomic mass is 79.9. The van der Waals surface area contributed by atoms with Crippen molar-refractivity contribution < 1.29 is 14.6 Å². The zero-order valence-electron chi connectivity index (χ0n) is 16.4. The standard InChI is InChI=1S/C22H16BrClN2O4S/c1-11-18(21(29)30-2)19(13-4-6-14(24)7-5-13)26-20(28)17(31-22(26)25-11)10-12-3-8-16(27)15(23)9-12/h3-10,19,27H,1-2H3/b17-10-/t19-/m1/s1. The normalized spacial score (nSPS) is 16.1. The first-order chi connectivity index (χ1) is 14.8. The van der Waals surface area contributed by atoms with E-state index >= 15 is 0 Å². The molecule has 0 fully saturated rings. The third kappa shape index (κ3) is 3.98. The van der Waals surface area contributed by atoms with Crippen LogP contribution in [0, 0.1) is 0 Å². The number of ether oxygens (including phenoxy) is 1. The fourth-order valence-electron chi connectivity index (χ4n) is 3.42. The number of hydrogen-bond donors (Lipinski definition) is 1. The van der Waals surface area contributed by atoms with E-state index in [0.29, 0.717) is 30.1 Å². The molecule has 31 heavy (non-hydrogen) atoms. The Hall–Kier alpha value is -2.68. The summed E-state index contributed by atoms with van der Waals surface area (Å²) >= 11 is 10.6. The summed E-state index contributed by atoms with van der Waals surface area (Å²) in [5, 5.41) is 10.3. The van der Waals surface area contributed by atoms with Crippen LogP contribution in [0.5, 0.6) is 5.75 Å². The van der Waals surface area contributed by atoms with Gasteiger partial charge in [-0.2, -0.15) is 0 Å². The number of methoxy groups -OCH3 is 1. The van der Waals surface area contributed by atoms with Crippen LogP contribution in [-0.4, -0.2) is 22.8 Å². The molecule has 4 rings (SSSR count). The van der Waals surface area contributed by atoms with Crippen molar-refractivity contribution in [2.45, 2.75) is 13.0 Å². The van der Waals surface area contributed by atoms with Gasteiger partial charge in [0.15, 0.2) is 4.80 Å². The van der Waals surface area contributed by atoms with Gasteiger partial charge in [-0.1, -0.05) is 41.1 Å². The Kier molecular flexibility index (Phi) is 5.88. The van der Waals surface area contributed by atoms with E-state index < -0.39 is 12.0 Å². The van der Waals surface area contributed by atoms with Crippen molar-refractivity contribution >= 4 is 50.9 Å². The van der Waals surface area contributed by atoms with E-state index in [4.69, 9.17) is 16.3 Å². The van der Waals surface area contributed by atoms with E-state index in [0.717, 1.165) is 11.1 Å². The van der Waals surface area contributed by atoms with Gasteiger partial charge in [0.05, 0.1) is 33.4 Å². The van der Waals surface area contributed by atoms with Crippen LogP contribution in [-0.2, 0) is 9.53 Å². The number of thiazole rings is 1. The third-order valence-electron chi connectivity index (χ3n) is 4.88. The zero-order valence-corrected chi connectivity index (χ0v) is 19.6. The van der Waals surface area contributed by atoms with Gasteiger partial charge in [-0.3, -0.25) is 9.36 Å². The van der Waals surface area contributed by atoms with Crippen LogP contribution < -0.4 is 14.9 Å². The molecular weight excluding hydrogens is 504 g/mol. The number of rotatable bonds is 3. The van der Waals surface area contributed by atoms with Gasteiger partial charge in [0, 0.05) is 5.02 Å². The fourth-order valence-corrected chi connectivity index (χ4v) is 4.99. The molecule has 2 heterocycles. The second-order valence-corrected chi connectivity index (χ2v) is 9.14. The lowest BCUT2D eigenvalue weighted by atomic mass is 9.96. The number of phenolic OH excluding ortho intramolecular Hbond substituents is 1. The van der Waals surface area contributed by atoms with Gasteiger partial charge in [-0.25, -0.2) is 9.79 Å². The predicted octanol–water partition coefficient (Wildman–Crippen LogP) is 3.53. The molecule has 0 spiro atoms. The molecule has 2 aromatic carbocycles. The predicted molar refractivity (Wildman–Crippen MR) is 123 cm³/mol. The molecular formula is C22H16BrClN2O4S. The molecule has 0 saturated heterocycles. The Morgan fingerprint density at radius 2 is 2.00 bits per heavy atom. The van der Waals surface area contributed by atoms with Crippen LogP contribution >= 0.6 is 38.9 Å². The van der Waals surface area contributed by atoms with E-state index in [9.17, 15) is 14.7 Å². The molecule has 0 radical (unpaired) electrons. The summed E-state index contributed by atoms with van der Waals surface area (Å²) in [5.41, 5.74) is 1.98. The zero-order chi connectivity index (χ0) is 22.3. The smallest absolute Gasteiger partial charge is 0.338 e. The van der Waals surface area contributed by atoms with Crippen LogP contribution in [0.2, 0.25) is 5.02 Å². The number of halogens is 2. The Labute approximate surface area is 194 Å². The van der Waals surface area contributed by atoms with Crippen molar-refractivity contribution in [3.63, 3.8) is 0 Å². The lowest BCUT2D eigenvalue weighted by Gasteiger charge is -2.24. The molecule has 0 aliphatic carbocycles. The number of aromatic hydroxyl groups is 1. The number of benzene rings is 2. The summed E-state index contributed by atoms with van der Waals surface area (Å²) in [7, 11) is 1.30. The number of fused-ring (bicyclic) bond motifs is 1. The summed E-state index contributed by atoms with van der Waals surface area (Å²) in [5.74, 6) is -0.433. The molecule has 0 bridgehead atoms. The van der Waals surface area contributed by atoms with Crippen LogP contribution in [0.25, 0.3) is 6.08 Å². The summed E-state index contributed by atoms with van der Waals surface area (Å²) in [4.78, 5) is 31.0. The van der Waals surface area contributed by atoms with E-state index in [1.54, 1.807) is 55.5 Å². The second kappa shape index (κ2) is 8.45. The van der Waals surface area contributed by atoms with Crippen molar-refractivity contribution in [3.05, 3.63) is 94.0 Å². The number of carbonyl (C=O) groups is 1. The molecule has 1 aliphatic rings. The molecule has 1 atom stereocenters. The van der Waals surface area contributed by atoms with Crippen LogP contribution in [0.1, 0.15) is 24.1 Å². The average Bonchev–Trinajstić information content (AvgIpc) is 3.04. The van der Waals surface area contributed by atoms with Gasteiger partial charge < -0.3 is 9.84 Å². The molecule has 0 unspecified atom stereocenters. The topological polar surface area (TPSA) is 80.9 Å². The SMILES string of the molecule is COC(=O)C1=C(C)N=c2s/c(=C\c3ccc(O)c(Br)c3)c(=O)n2[C@@H]1c1ccc(Cl)cc1. The average molecular weight is 520 g/mol. The highest BCUT2D eigenvalue weighted by Crippen LogP contribution is 2.31. The van der Waals surface area contributed by atoms with Crippen LogP contribution in [0.15, 0.2) is 68.0 Å². The van der Waals surface area contributed by atoms with E-state index in [2.05, 4.69) is 20.9 Å². The maximum atomic E-state index is 13.4. The molecule has 0 saturated carbocycles. The number of carbonyl (C=O) groups excluding carboxylic acids is 1. The summed E-state index contributed by atoms with van der Waals surface area (Å²) in [6, 6.07) is 11.3. The highest BCUT2D eigenvalue weighted by Gasteiger charge is 2.33. The first kappa shape index (κ1) is 21.5. The number of nitrogens with zero attached hydrogens (tertiary/aromatic N) is 2.